The number of rotatable bonds is 18. The minimum absolute atomic E-state index is 0.237. The normalized spacial score (nSPS) is 13.6. The molecule has 28 nitrogen and oxygen atoms in total. The highest BCUT2D eigenvalue weighted by Crippen LogP contribution is 2.49. The number of nitrogens with zero attached hydrogens (tertiary/aromatic N) is 4. The smallest absolute Gasteiger partial charge is 0.397 e. The van der Waals surface area contributed by atoms with E-state index in [1.807, 2.05) is 0 Å². The zero-order chi connectivity index (χ0) is 47.0. The Morgan fingerprint density at radius 2 is 0.984 bits per heavy atom. The number of ether oxygens (including phenoxy) is 1. The molecule has 4 aromatic rings. The Morgan fingerprint density at radius 1 is 0.548 bits per heavy atom. The van der Waals surface area contributed by atoms with Crippen molar-refractivity contribution in [1.82, 2.24) is 0 Å². The molecule has 0 radical (unpaired) electrons. The van der Waals surface area contributed by atoms with Gasteiger partial charge in [-0.15, -0.1) is 20.5 Å². The van der Waals surface area contributed by atoms with Crippen molar-refractivity contribution >= 4 is 110 Å². The molecule has 0 aliphatic heterocycles. The Kier molecular flexibility index (Phi) is 14.2. The molecule has 0 aromatic heterocycles. The number of hydrogen-bond donors (Lipinski definition) is 7. The van der Waals surface area contributed by atoms with Crippen molar-refractivity contribution in [2.45, 2.75) is 24.5 Å². The maximum Gasteiger partial charge on any atom is 0.397 e. The van der Waals surface area contributed by atoms with Crippen molar-refractivity contribution in [3.8, 4) is 11.5 Å². The number of benzene rings is 4. The highest BCUT2D eigenvalue weighted by Gasteiger charge is 2.29. The molecule has 0 amide bonds. The predicted octanol–water partition coefficient (Wildman–Crippen LogP) is 1.89. The van der Waals surface area contributed by atoms with Crippen LogP contribution in [0.2, 0.25) is 0 Å². The number of anilines is 1. The molecule has 4 aromatic carbocycles. The van der Waals surface area contributed by atoms with E-state index in [0.717, 1.165) is 25.3 Å². The lowest BCUT2D eigenvalue weighted by atomic mass is 10.1. The Bertz CT molecular complexity index is 3360. The fraction of sp³-hybridized carbons (Fsp3) is 0.185. The topological polar surface area (TPSA) is 464 Å². The van der Waals surface area contributed by atoms with Gasteiger partial charge in [-0.05, 0) is 53.9 Å². The molecule has 0 bridgehead atoms. The third-order valence-corrected chi connectivity index (χ3v) is 14.5. The van der Waals surface area contributed by atoms with Crippen molar-refractivity contribution in [3.05, 3.63) is 48.5 Å². The third-order valence-electron chi connectivity index (χ3n) is 7.63. The monoisotopic (exact) mass is 1010 g/mol. The van der Waals surface area contributed by atoms with E-state index in [4.69, 9.17) is 19.6 Å². The Morgan fingerprint density at radius 3 is 1.45 bits per heavy atom. The van der Waals surface area contributed by atoms with Crippen molar-refractivity contribution in [2.75, 3.05) is 37.6 Å². The molecule has 8 N–H and O–H groups in total. The van der Waals surface area contributed by atoms with Gasteiger partial charge in [0, 0.05) is 0 Å². The zero-order valence-corrected chi connectivity index (χ0v) is 36.0. The van der Waals surface area contributed by atoms with Gasteiger partial charge in [-0.25, -0.2) is 25.2 Å². The molecule has 0 saturated heterocycles. The van der Waals surface area contributed by atoms with Gasteiger partial charge in [0.15, 0.2) is 25.4 Å². The number of hydrogen-bond acceptors (Lipinski definition) is 23. The van der Waals surface area contributed by atoms with Crippen LogP contribution in [-0.2, 0) is 79.2 Å². The first-order valence-corrected chi connectivity index (χ1v) is 25.9. The van der Waals surface area contributed by atoms with Gasteiger partial charge in [0.1, 0.15) is 43.2 Å². The number of nitrogens with two attached hydrogens (primary N) is 1. The maximum atomic E-state index is 12.8. The van der Waals surface area contributed by atoms with E-state index in [1.54, 1.807) is 0 Å². The van der Waals surface area contributed by atoms with Gasteiger partial charge < -0.3 is 15.6 Å². The Labute approximate surface area is 350 Å². The summed E-state index contributed by atoms with van der Waals surface area (Å²) in [5, 5.41) is 24.2. The lowest BCUT2D eigenvalue weighted by Crippen LogP contribution is -2.16. The van der Waals surface area contributed by atoms with E-state index in [9.17, 15) is 77.7 Å². The van der Waals surface area contributed by atoms with Crippen LogP contribution in [0.4, 0.5) is 28.4 Å². The van der Waals surface area contributed by atoms with Crippen LogP contribution >= 0.6 is 0 Å². The van der Waals surface area contributed by atoms with Gasteiger partial charge in [-0.2, -0.15) is 42.1 Å². The fourth-order valence-corrected chi connectivity index (χ4v) is 10.0. The van der Waals surface area contributed by atoms with E-state index in [-0.39, 0.29) is 5.75 Å². The predicted molar refractivity (Wildman–Crippen MR) is 206 cm³/mol. The number of sulfone groups is 2. The van der Waals surface area contributed by atoms with E-state index in [2.05, 4.69) is 28.8 Å². The van der Waals surface area contributed by atoms with Crippen LogP contribution in [0, 0.1) is 0 Å². The van der Waals surface area contributed by atoms with Crippen LogP contribution in [0.3, 0.4) is 0 Å². The number of methoxy groups -OCH3 is 1. The van der Waals surface area contributed by atoms with Gasteiger partial charge in [-0.3, -0.25) is 22.8 Å². The number of phenolic OH excluding ortho intramolecular Hbond substituents is 1. The minimum atomic E-state index is -5.53. The SMILES string of the molecule is COc1ccc(S(=O)(=O)CCOS(=O)(=O)O)cc1N=Nc1c(S(=O)(=O)O)cc2cc(S(=O)(=O)O)c(N=Nc3ccc(S(=O)(=O)CCOS(=O)(=O)O)cc3S(=O)(=O)O)c(O)c2c1N. The minimum Gasteiger partial charge on any atom is -0.505 e. The molecule has 0 saturated carbocycles. The highest BCUT2D eigenvalue weighted by atomic mass is 32.3. The first kappa shape index (κ1) is 49.8. The summed E-state index contributed by atoms with van der Waals surface area (Å²) < 4.78 is 229. The number of nitrogen functional groups attached to an aromatic ring is 1. The maximum absolute atomic E-state index is 12.8. The summed E-state index contributed by atoms with van der Waals surface area (Å²) in [5.74, 6) is -3.78. The van der Waals surface area contributed by atoms with Crippen LogP contribution < -0.4 is 10.5 Å². The summed E-state index contributed by atoms with van der Waals surface area (Å²) in [6.07, 6.45) is 0. The summed E-state index contributed by atoms with van der Waals surface area (Å²) in [5.41, 5.74) is 1.46. The standard InChI is InChI=1S/C27H27N5O23S7/c1-53-19-5-3-15(56(34,35)8-6-54-61(47,48)49)12-18(19)30-31-25-21(59(41,42)43)10-14-11-22(60(44,45)46)26(27(33)23(14)24(25)28)32-29-17-4-2-16(13-20(17)58(38,39)40)57(36,37)9-7-55-62(50,51)52/h2-5,10-13,33H,6-9,28H2,1H3,(H,38,39,40)(H,41,42,43)(H,44,45,46)(H,47,48,49)(H,50,51,52). The van der Waals surface area contributed by atoms with E-state index < -0.39 is 165 Å². The first-order valence-electron chi connectivity index (χ1n) is 15.6. The quantitative estimate of drug-likeness (QED) is 0.0425. The van der Waals surface area contributed by atoms with Crippen molar-refractivity contribution in [3.63, 3.8) is 0 Å². The molecule has 0 spiro atoms. The second kappa shape index (κ2) is 17.7. The van der Waals surface area contributed by atoms with Gasteiger partial charge in [0.05, 0.1) is 52.7 Å². The molecule has 0 aliphatic rings. The van der Waals surface area contributed by atoms with Crippen molar-refractivity contribution in [2.24, 2.45) is 20.5 Å². The second-order valence-electron chi connectivity index (χ2n) is 11.7. The average molecular weight is 1010 g/mol. The Balaban J connectivity index is 1.94. The van der Waals surface area contributed by atoms with E-state index in [0.29, 0.717) is 30.3 Å². The van der Waals surface area contributed by atoms with Crippen molar-refractivity contribution < 1.29 is 99.9 Å². The summed E-state index contributed by atoms with van der Waals surface area (Å²) in [7, 11) is -34.5. The lowest BCUT2D eigenvalue weighted by molar-refractivity contribution is 0.282. The molecular formula is C27H27N5O23S7. The van der Waals surface area contributed by atoms with Crippen LogP contribution in [0.5, 0.6) is 11.5 Å². The van der Waals surface area contributed by atoms with Crippen LogP contribution in [-0.4, -0.2) is 119 Å². The van der Waals surface area contributed by atoms with E-state index in [1.165, 1.54) is 0 Å². The summed E-state index contributed by atoms with van der Waals surface area (Å²) in [6, 6.07) is 5.27. The molecule has 0 unspecified atom stereocenters. The molecule has 0 atom stereocenters. The molecule has 0 heterocycles. The molecule has 340 valence electrons. The molecular weight excluding hydrogens is 987 g/mol. The number of azo groups is 2. The number of phenols is 1. The summed E-state index contributed by atoms with van der Waals surface area (Å²) in [6.45, 7) is -2.18. The van der Waals surface area contributed by atoms with Crippen LogP contribution in [0.25, 0.3) is 10.8 Å². The van der Waals surface area contributed by atoms with Gasteiger partial charge >= 0.3 is 20.8 Å². The second-order valence-corrected chi connectivity index (χ2v) is 22.3. The first-order chi connectivity index (χ1) is 28.2. The fourth-order valence-electron chi connectivity index (χ4n) is 4.96. The van der Waals surface area contributed by atoms with Gasteiger partial charge in [0.2, 0.25) is 0 Å². The molecule has 35 heteroatoms. The average Bonchev–Trinajstić information content (AvgIpc) is 3.11. The number of fused-ring (bicyclic) bond motifs is 1. The van der Waals surface area contributed by atoms with Gasteiger partial charge in [0.25, 0.3) is 30.4 Å². The molecule has 62 heavy (non-hydrogen) atoms. The number of aromatic hydroxyl groups is 1. The van der Waals surface area contributed by atoms with E-state index >= 15 is 0 Å². The molecule has 0 fully saturated rings. The van der Waals surface area contributed by atoms with Crippen molar-refractivity contribution in [1.29, 1.82) is 0 Å². The zero-order valence-electron chi connectivity index (χ0n) is 30.3. The van der Waals surface area contributed by atoms with Crippen LogP contribution in [0.1, 0.15) is 0 Å². The van der Waals surface area contributed by atoms with Gasteiger partial charge in [-0.1, -0.05) is 0 Å². The van der Waals surface area contributed by atoms with Crippen LogP contribution in [0.15, 0.2) is 93.5 Å². The largest absolute Gasteiger partial charge is 0.505 e. The summed E-state index contributed by atoms with van der Waals surface area (Å²) in [4.78, 5) is -5.40. The highest BCUT2D eigenvalue weighted by molar-refractivity contribution is 7.92. The Hall–Kier alpha value is -4.89. The molecule has 4 rings (SSSR count). The lowest BCUT2D eigenvalue weighted by Gasteiger charge is -2.14. The molecule has 0 aliphatic carbocycles. The summed E-state index contributed by atoms with van der Waals surface area (Å²) >= 11 is 0. The third kappa shape index (κ3) is 12.2.